The number of carbonyl (C=O) groups is 1. The van der Waals surface area contributed by atoms with E-state index in [0.29, 0.717) is 48.4 Å². The number of hydrogen-bond donors (Lipinski definition) is 1. The molecule has 0 unspecified atom stereocenters. The molecule has 0 aliphatic rings. The summed E-state index contributed by atoms with van der Waals surface area (Å²) in [6.07, 6.45) is 7.40. The quantitative estimate of drug-likeness (QED) is 0.334. The van der Waals surface area contributed by atoms with Gasteiger partial charge in [0.1, 0.15) is 18.1 Å². The summed E-state index contributed by atoms with van der Waals surface area (Å²) >= 11 is 0. The molecular formula is C26H23N5O3. The fraction of sp³-hybridized carbons (Fsp3) is 0.154. The Hall–Kier alpha value is -4.46. The second-order valence-corrected chi connectivity index (χ2v) is 7.69. The van der Waals surface area contributed by atoms with Crippen molar-refractivity contribution in [3.63, 3.8) is 0 Å². The Labute approximate surface area is 196 Å². The summed E-state index contributed by atoms with van der Waals surface area (Å²) in [5, 5.41) is 8.14. The van der Waals surface area contributed by atoms with Crippen LogP contribution >= 0.6 is 0 Å². The third-order valence-corrected chi connectivity index (χ3v) is 5.32. The Kier molecular flexibility index (Phi) is 6.29. The van der Waals surface area contributed by atoms with Crippen molar-refractivity contribution in [2.45, 2.75) is 13.0 Å². The first kappa shape index (κ1) is 21.4. The average molecular weight is 454 g/mol. The number of aromatic nitrogens is 4. The summed E-state index contributed by atoms with van der Waals surface area (Å²) in [6.45, 7) is 1.41. The van der Waals surface area contributed by atoms with Gasteiger partial charge in [-0.05, 0) is 48.9 Å². The van der Waals surface area contributed by atoms with Crippen molar-refractivity contribution in [2.75, 3.05) is 13.2 Å². The van der Waals surface area contributed by atoms with Gasteiger partial charge in [-0.3, -0.25) is 9.78 Å². The minimum Gasteiger partial charge on any atom is -0.494 e. The van der Waals surface area contributed by atoms with Crippen LogP contribution in [0.25, 0.3) is 22.3 Å². The molecule has 34 heavy (non-hydrogen) atoms. The number of fused-ring (bicyclic) bond motifs is 1. The van der Waals surface area contributed by atoms with E-state index in [2.05, 4.69) is 15.4 Å². The number of benzene rings is 1. The highest BCUT2D eigenvalue weighted by Gasteiger charge is 2.18. The minimum absolute atomic E-state index is 0.185. The minimum atomic E-state index is -0.185. The number of hydrogen-bond acceptors (Lipinski definition) is 6. The molecule has 1 amide bonds. The van der Waals surface area contributed by atoms with E-state index in [4.69, 9.17) is 14.1 Å². The standard InChI is InChI=1S/C26H23N5O3/c32-26(28-12-6-14-33-20-8-2-1-3-9-20)22-15-24(19-7-4-11-27-16-19)30-25-23(22)17-29-31(25)18-21-10-5-13-34-21/h1-5,7-11,13,15-17H,6,12,14,18H2,(H,28,32). The van der Waals surface area contributed by atoms with Gasteiger partial charge in [-0.1, -0.05) is 18.2 Å². The van der Waals surface area contributed by atoms with E-state index < -0.39 is 0 Å². The molecule has 4 heterocycles. The van der Waals surface area contributed by atoms with Crippen molar-refractivity contribution in [3.05, 3.63) is 96.8 Å². The molecule has 0 fully saturated rings. The van der Waals surface area contributed by atoms with E-state index in [-0.39, 0.29) is 5.91 Å². The Balaban J connectivity index is 1.36. The van der Waals surface area contributed by atoms with Gasteiger partial charge in [-0.15, -0.1) is 0 Å². The maximum absolute atomic E-state index is 13.2. The summed E-state index contributed by atoms with van der Waals surface area (Å²) in [4.78, 5) is 22.1. The van der Waals surface area contributed by atoms with E-state index in [1.165, 1.54) is 0 Å². The highest BCUT2D eigenvalue weighted by atomic mass is 16.5. The molecule has 0 radical (unpaired) electrons. The largest absolute Gasteiger partial charge is 0.494 e. The number of rotatable bonds is 9. The van der Waals surface area contributed by atoms with Crippen LogP contribution in [0.4, 0.5) is 0 Å². The van der Waals surface area contributed by atoms with E-state index in [0.717, 1.165) is 17.1 Å². The van der Waals surface area contributed by atoms with Crippen molar-refractivity contribution in [1.29, 1.82) is 0 Å². The first-order valence-corrected chi connectivity index (χ1v) is 11.0. The second kappa shape index (κ2) is 9.99. The van der Waals surface area contributed by atoms with Crippen LogP contribution in [0.1, 0.15) is 22.5 Å². The maximum Gasteiger partial charge on any atom is 0.252 e. The molecule has 5 aromatic rings. The van der Waals surface area contributed by atoms with Gasteiger partial charge in [0.15, 0.2) is 5.65 Å². The lowest BCUT2D eigenvalue weighted by Gasteiger charge is -2.10. The predicted molar refractivity (Wildman–Crippen MR) is 127 cm³/mol. The Morgan fingerprint density at radius 3 is 2.76 bits per heavy atom. The normalized spacial score (nSPS) is 10.9. The summed E-state index contributed by atoms with van der Waals surface area (Å²) in [5.41, 5.74) is 2.59. The van der Waals surface area contributed by atoms with Crippen LogP contribution < -0.4 is 10.1 Å². The Morgan fingerprint density at radius 2 is 1.97 bits per heavy atom. The van der Waals surface area contributed by atoms with Crippen LogP contribution in [0.5, 0.6) is 5.75 Å². The van der Waals surface area contributed by atoms with Gasteiger partial charge in [0.25, 0.3) is 5.91 Å². The molecule has 0 atom stereocenters. The highest BCUT2D eigenvalue weighted by molar-refractivity contribution is 6.06. The van der Waals surface area contributed by atoms with E-state index in [9.17, 15) is 4.79 Å². The van der Waals surface area contributed by atoms with Gasteiger partial charge >= 0.3 is 0 Å². The zero-order chi connectivity index (χ0) is 23.2. The van der Waals surface area contributed by atoms with Gasteiger partial charge in [0.2, 0.25) is 0 Å². The van der Waals surface area contributed by atoms with E-state index in [1.807, 2.05) is 54.6 Å². The maximum atomic E-state index is 13.2. The van der Waals surface area contributed by atoms with Crippen molar-refractivity contribution in [1.82, 2.24) is 25.1 Å². The van der Waals surface area contributed by atoms with Crippen molar-refractivity contribution >= 4 is 16.9 Å². The first-order chi connectivity index (χ1) is 16.8. The van der Waals surface area contributed by atoms with Crippen LogP contribution in [0.2, 0.25) is 0 Å². The van der Waals surface area contributed by atoms with Crippen LogP contribution in [-0.2, 0) is 6.54 Å². The molecule has 4 aromatic heterocycles. The van der Waals surface area contributed by atoms with Crippen molar-refractivity contribution in [2.24, 2.45) is 0 Å². The number of carbonyl (C=O) groups excluding carboxylic acids is 1. The lowest BCUT2D eigenvalue weighted by molar-refractivity contribution is 0.0953. The number of para-hydroxylation sites is 1. The lowest BCUT2D eigenvalue weighted by atomic mass is 10.1. The Bertz CT molecular complexity index is 1370. The number of pyridine rings is 2. The van der Waals surface area contributed by atoms with Gasteiger partial charge < -0.3 is 14.5 Å². The summed E-state index contributed by atoms with van der Waals surface area (Å²) in [5.74, 6) is 1.38. The molecule has 170 valence electrons. The molecule has 1 N–H and O–H groups in total. The third-order valence-electron chi connectivity index (χ3n) is 5.32. The molecule has 8 heteroatoms. The first-order valence-electron chi connectivity index (χ1n) is 11.0. The molecule has 0 saturated heterocycles. The fourth-order valence-electron chi connectivity index (χ4n) is 3.64. The summed E-state index contributed by atoms with van der Waals surface area (Å²) < 4.78 is 12.9. The molecule has 5 rings (SSSR count). The average Bonchev–Trinajstić information content (AvgIpc) is 3.55. The number of furan rings is 1. The fourth-order valence-corrected chi connectivity index (χ4v) is 3.64. The zero-order valence-electron chi connectivity index (χ0n) is 18.4. The third kappa shape index (κ3) is 4.80. The zero-order valence-corrected chi connectivity index (χ0v) is 18.4. The molecule has 0 aliphatic carbocycles. The van der Waals surface area contributed by atoms with Crippen LogP contribution in [-0.4, -0.2) is 38.8 Å². The van der Waals surface area contributed by atoms with Gasteiger partial charge in [-0.2, -0.15) is 5.10 Å². The van der Waals surface area contributed by atoms with E-state index >= 15 is 0 Å². The van der Waals surface area contributed by atoms with E-state index in [1.54, 1.807) is 35.6 Å². The van der Waals surface area contributed by atoms with Gasteiger partial charge in [0, 0.05) is 24.5 Å². The summed E-state index contributed by atoms with van der Waals surface area (Å²) in [6, 6.07) is 18.9. The van der Waals surface area contributed by atoms with Crippen LogP contribution in [0, 0.1) is 0 Å². The monoisotopic (exact) mass is 453 g/mol. The van der Waals surface area contributed by atoms with Crippen LogP contribution in [0.3, 0.4) is 0 Å². The predicted octanol–water partition coefficient (Wildman–Crippen LogP) is 4.33. The van der Waals surface area contributed by atoms with Crippen LogP contribution in [0.15, 0.2) is 89.9 Å². The SMILES string of the molecule is O=C(NCCCOc1ccccc1)c1cc(-c2cccnc2)nc2c1cnn2Cc1ccco1. The topological polar surface area (TPSA) is 95.1 Å². The van der Waals surface area contributed by atoms with Crippen molar-refractivity contribution < 1.29 is 13.9 Å². The number of nitrogens with one attached hydrogen (secondary N) is 1. The molecule has 1 aromatic carbocycles. The number of nitrogens with zero attached hydrogens (tertiary/aromatic N) is 4. The molecule has 0 saturated carbocycles. The smallest absolute Gasteiger partial charge is 0.252 e. The Morgan fingerprint density at radius 1 is 1.06 bits per heavy atom. The summed E-state index contributed by atoms with van der Waals surface area (Å²) in [7, 11) is 0. The number of amides is 1. The molecule has 0 bridgehead atoms. The molecular weight excluding hydrogens is 430 g/mol. The lowest BCUT2D eigenvalue weighted by Crippen LogP contribution is -2.26. The molecule has 0 spiro atoms. The number of ether oxygens (including phenoxy) is 1. The van der Waals surface area contributed by atoms with Gasteiger partial charge in [0.05, 0.1) is 35.7 Å². The highest BCUT2D eigenvalue weighted by Crippen LogP contribution is 2.25. The van der Waals surface area contributed by atoms with Crippen molar-refractivity contribution in [3.8, 4) is 17.0 Å². The second-order valence-electron chi connectivity index (χ2n) is 7.69. The molecule has 0 aliphatic heterocycles. The van der Waals surface area contributed by atoms with Gasteiger partial charge in [-0.25, -0.2) is 9.67 Å². The molecule has 8 nitrogen and oxygen atoms in total.